The molecule has 0 radical (unpaired) electrons. The van der Waals surface area contributed by atoms with Gasteiger partial charge in [0.2, 0.25) is 23.6 Å². The Morgan fingerprint density at radius 1 is 0.500 bits per heavy atom. The summed E-state index contributed by atoms with van der Waals surface area (Å²) in [6.07, 6.45) is -14.3. The monoisotopic (exact) mass is 1730 g/mol. The van der Waals surface area contributed by atoms with Crippen LogP contribution in [0.4, 0.5) is 11.6 Å². The lowest BCUT2D eigenvalue weighted by molar-refractivity contribution is -0.348. The van der Waals surface area contributed by atoms with Gasteiger partial charge in [0.05, 0.1) is 54.7 Å². The first-order chi connectivity index (χ1) is 52.6. The first-order valence-electron chi connectivity index (χ1n) is 34.4. The smallest absolute Gasteiger partial charge is 0.274 e. The number of aliphatic hydroxyl groups is 4. The molecule has 0 spiro atoms. The molecule has 2 fully saturated rings. The Bertz CT molecular complexity index is 4270. The van der Waals surface area contributed by atoms with Crippen LogP contribution in [0.2, 0.25) is 0 Å². The molecule has 0 saturated carbocycles. The largest absolute Gasteiger partial charge is 0.790 e. The second kappa shape index (κ2) is 38.6. The fraction of sp³-hybridized carbons (Fsp3) is 0.633. The fourth-order valence-electron chi connectivity index (χ4n) is 11.2. The summed E-state index contributed by atoms with van der Waals surface area (Å²) in [6, 6.07) is 7.61. The molecule has 1 aromatic carbocycles. The van der Waals surface area contributed by atoms with E-state index in [1.807, 2.05) is 24.3 Å². The van der Waals surface area contributed by atoms with Crippen LogP contribution in [0.1, 0.15) is 117 Å². The normalized spacial score (nSPS) is 21.9. The molecule has 5 aromatic rings. The lowest BCUT2D eigenvalue weighted by Crippen LogP contribution is -2.46. The van der Waals surface area contributed by atoms with Gasteiger partial charge >= 0.3 is 0 Å². The molecule has 7 rings (SSSR count). The highest BCUT2D eigenvalue weighted by molar-refractivity contribution is 7.60. The van der Waals surface area contributed by atoms with Crippen LogP contribution in [0.3, 0.4) is 0 Å². The standard InChI is InChI=1S/C60H94N14O34P6/c1-57(2,37(75)15-21-63-39(77)17-23-65-53(83)47(81)59(5,6)27-101-113(95,96)107-111(91,92)99-25-35-45(105-109(85,86)87)43(79)55(103-35)73-31-71-41-49(61)67-29-69-51(41)73)19-13-33-9-11-34(12-10-33)14-20-58(3,4)38(76)16-22-64-40(78)18-24-66-54(84)48(82)60(7,8)28-102-114(97,98)108-112(93,94)100-26-36-46(106-110(88,89)90)44(80)56(104-36)74-32-72-42-50(62)68-30-70-52(42)74/h9-12,29-32,35-36,43-48,55-56,79-82H,13-28H2,1-8H3,(H,63,77)(H,64,78)(H,65,83)(H,66,84)(H,91,92)(H,93,94)(H,95,96)(H,97,98)(H2,61,67,69)(H2,62,68,70)(H2,85,86,87)(H2,88,89,90)/p-8. The van der Waals surface area contributed by atoms with Crippen molar-refractivity contribution in [2.75, 3.05) is 64.1 Å². The number of aryl methyl sites for hydroxylation is 2. The molecule has 48 nitrogen and oxygen atoms in total. The highest BCUT2D eigenvalue weighted by Crippen LogP contribution is 2.58. The maximum atomic E-state index is 13.3. The van der Waals surface area contributed by atoms with Crippen LogP contribution < -0.4 is 71.9 Å². The minimum atomic E-state index is -6.00. The fourth-order valence-corrected chi connectivity index (χ4v) is 16.7. The number of anilines is 2. The molecule has 6 heterocycles. The Balaban J connectivity index is 0.727. The molecule has 2 saturated heterocycles. The lowest BCUT2D eigenvalue weighted by Gasteiger charge is -2.36. The number of amides is 4. The minimum Gasteiger partial charge on any atom is -0.790 e. The third kappa shape index (κ3) is 27.4. The number of carbonyl (C=O) groups is 6. The van der Waals surface area contributed by atoms with Gasteiger partial charge in [0.1, 0.15) is 84.1 Å². The number of phosphoric ester groups is 6. The zero-order valence-electron chi connectivity index (χ0n) is 62.2. The SMILES string of the molecule is CC(C)(CCc1ccc(CCC(C)(C)C(=O)CCNC(=O)CCNC(=O)C(O)C(C)(C)COP(=O)([O-])OP(=O)([O-])OCC2OC(n3cnc4c(N)ncnc43)C(O)C2OP(=O)([O-])[O-])cc1)C(=O)CCNC(=O)CCNC(=O)C(O)C(C)(C)COP(=O)([O-])OP(=O)([O-])OCC1OC(n2cnc3c(N)ncnc32)C(O)C1OP(=O)([O-])[O-]. The third-order valence-corrected chi connectivity index (χ3v) is 24.1. The summed E-state index contributed by atoms with van der Waals surface area (Å²) in [6.45, 7) is 6.12. The number of nitrogens with zero attached hydrogens (tertiary/aromatic N) is 8. The maximum absolute atomic E-state index is 13.3. The zero-order valence-corrected chi connectivity index (χ0v) is 67.5. The number of nitrogens with one attached hydrogen (secondary N) is 4. The summed E-state index contributed by atoms with van der Waals surface area (Å²) in [7, 11) is -35.7. The average Bonchev–Trinajstić information content (AvgIpc) is 1.62. The van der Waals surface area contributed by atoms with Crippen molar-refractivity contribution in [3.63, 3.8) is 0 Å². The van der Waals surface area contributed by atoms with Gasteiger partial charge in [-0.05, 0) is 36.8 Å². The molecule has 14 atom stereocenters. The van der Waals surface area contributed by atoms with Crippen LogP contribution in [-0.4, -0.2) is 196 Å². The number of hydrogen-bond acceptors (Lipinski definition) is 42. The Hall–Kier alpha value is -6.36. The Morgan fingerprint density at radius 3 is 1.16 bits per heavy atom. The molecule has 4 aromatic heterocycles. The summed E-state index contributed by atoms with van der Waals surface area (Å²) in [4.78, 5) is 198. The van der Waals surface area contributed by atoms with Crippen LogP contribution in [0, 0.1) is 21.7 Å². The molecule has 114 heavy (non-hydrogen) atoms. The number of nitrogen functional groups attached to an aromatic ring is 2. The average molecular weight is 1730 g/mol. The number of nitrogens with two attached hydrogens (primary N) is 2. The van der Waals surface area contributed by atoms with Gasteiger partial charge in [0.25, 0.3) is 31.3 Å². The van der Waals surface area contributed by atoms with Gasteiger partial charge < -0.3 is 138 Å². The Labute approximate surface area is 649 Å². The van der Waals surface area contributed by atoms with Gasteiger partial charge in [-0.25, -0.2) is 38.5 Å². The van der Waals surface area contributed by atoms with Crippen molar-refractivity contribution >= 4 is 116 Å². The number of carbonyl (C=O) groups excluding carboxylic acids is 6. The number of fused-ring (bicyclic) bond motifs is 2. The summed E-state index contributed by atoms with van der Waals surface area (Å²) >= 11 is 0. The number of imidazole rings is 2. The molecule has 2 aliphatic rings. The van der Waals surface area contributed by atoms with Crippen molar-refractivity contribution in [1.29, 1.82) is 0 Å². The molecular formula is C60H86N14O34P6-8. The second-order valence-electron chi connectivity index (χ2n) is 28.9. The van der Waals surface area contributed by atoms with Gasteiger partial charge in [-0.1, -0.05) is 79.7 Å². The Morgan fingerprint density at radius 2 is 0.825 bits per heavy atom. The molecule has 2 aliphatic heterocycles. The summed E-state index contributed by atoms with van der Waals surface area (Å²) in [5.41, 5.74) is 8.09. The van der Waals surface area contributed by atoms with E-state index in [0.29, 0.717) is 25.7 Å². The van der Waals surface area contributed by atoms with E-state index >= 15 is 0 Å². The van der Waals surface area contributed by atoms with Gasteiger partial charge in [-0.2, -0.15) is 0 Å². The van der Waals surface area contributed by atoms with Gasteiger partial charge in [0.15, 0.2) is 35.4 Å². The van der Waals surface area contributed by atoms with E-state index in [-0.39, 0.29) is 97.4 Å². The van der Waals surface area contributed by atoms with E-state index in [1.54, 1.807) is 27.7 Å². The summed E-state index contributed by atoms with van der Waals surface area (Å²) in [5, 5.41) is 53.1. The second-order valence-corrected chi connectivity index (χ2v) is 37.0. The van der Waals surface area contributed by atoms with Crippen LogP contribution in [0.5, 0.6) is 0 Å². The lowest BCUT2D eigenvalue weighted by atomic mass is 9.80. The van der Waals surface area contributed by atoms with Crippen LogP contribution in [0.25, 0.3) is 22.3 Å². The van der Waals surface area contributed by atoms with Gasteiger partial charge in [-0.15, -0.1) is 0 Å². The maximum Gasteiger partial charge on any atom is 0.274 e. The highest BCUT2D eigenvalue weighted by atomic mass is 31.3. The highest BCUT2D eigenvalue weighted by Gasteiger charge is 2.50. The van der Waals surface area contributed by atoms with E-state index in [2.05, 4.69) is 86.9 Å². The first-order valence-corrected chi connectivity index (χ1v) is 43.2. The molecule has 0 aliphatic carbocycles. The molecule has 638 valence electrons. The topological polar surface area (TPSA) is 750 Å². The summed E-state index contributed by atoms with van der Waals surface area (Å²) in [5.74, 6) is -3.88. The number of ether oxygens (including phenoxy) is 2. The summed E-state index contributed by atoms with van der Waals surface area (Å²) < 4.78 is 122. The molecule has 12 N–H and O–H groups in total. The number of aliphatic hydroxyl groups excluding tert-OH is 4. The number of benzene rings is 1. The predicted molar refractivity (Wildman–Crippen MR) is 371 cm³/mol. The molecule has 4 amide bonds. The number of ketones is 2. The van der Waals surface area contributed by atoms with Crippen molar-refractivity contribution in [1.82, 2.24) is 60.3 Å². The van der Waals surface area contributed by atoms with E-state index < -0.39 is 180 Å². The van der Waals surface area contributed by atoms with Crippen molar-refractivity contribution in [2.24, 2.45) is 21.7 Å². The predicted octanol–water partition coefficient (Wildman–Crippen LogP) is -4.70. The molecule has 14 unspecified atom stereocenters. The first kappa shape index (κ1) is 94.8. The van der Waals surface area contributed by atoms with E-state index in [4.69, 9.17) is 20.9 Å². The third-order valence-electron chi connectivity index (χ3n) is 18.1. The van der Waals surface area contributed by atoms with E-state index in [9.17, 15) is 116 Å². The Kier molecular flexibility index (Phi) is 32.1. The molecule has 54 heteroatoms. The van der Waals surface area contributed by atoms with Crippen molar-refractivity contribution in [2.45, 2.75) is 168 Å². The van der Waals surface area contributed by atoms with Crippen molar-refractivity contribution in [3.8, 4) is 0 Å². The van der Waals surface area contributed by atoms with E-state index in [0.717, 1.165) is 73.3 Å². The van der Waals surface area contributed by atoms with Crippen molar-refractivity contribution in [3.05, 3.63) is 60.7 Å². The van der Waals surface area contributed by atoms with E-state index in [1.165, 1.54) is 0 Å². The quantitative estimate of drug-likeness (QED) is 0.0164. The van der Waals surface area contributed by atoms with Crippen LogP contribution in [0.15, 0.2) is 49.6 Å². The van der Waals surface area contributed by atoms with Gasteiger partial charge in [0, 0.05) is 73.5 Å². The number of Topliss-reactive ketones (excluding diaryl/α,β-unsaturated/α-hetero) is 2. The van der Waals surface area contributed by atoms with Crippen LogP contribution in [-0.2, 0) is 114 Å². The zero-order chi connectivity index (χ0) is 85.1. The molecular weight excluding hydrogens is 1650 g/mol. The van der Waals surface area contributed by atoms with Crippen LogP contribution >= 0.6 is 46.9 Å². The number of hydrogen-bond donors (Lipinski definition) is 10. The van der Waals surface area contributed by atoms with Crippen molar-refractivity contribution < 1.29 is 161 Å². The molecule has 0 bridgehead atoms. The van der Waals surface area contributed by atoms with Gasteiger partial charge in [-0.3, -0.25) is 56.2 Å². The number of aromatic nitrogens is 8. The minimum absolute atomic E-state index is 0.0105. The number of rotatable bonds is 46. The number of phosphoric acid groups is 6.